The summed E-state index contributed by atoms with van der Waals surface area (Å²) in [7, 11) is 0. The van der Waals surface area contributed by atoms with Crippen LogP contribution in [0.5, 0.6) is 0 Å². The molecule has 0 saturated carbocycles. The molecule has 0 amide bonds. The minimum atomic E-state index is -1.58. The molecule has 0 radical (unpaired) electrons. The van der Waals surface area contributed by atoms with Gasteiger partial charge in [0.15, 0.2) is 17.5 Å². The molecule has 0 fully saturated rings. The van der Waals surface area contributed by atoms with Crippen LogP contribution in [0.4, 0.5) is 13.2 Å². The van der Waals surface area contributed by atoms with E-state index in [1.807, 2.05) is 0 Å². The Morgan fingerprint density at radius 2 is 1.83 bits per heavy atom. The molecule has 0 spiro atoms. The second-order valence-corrected chi connectivity index (χ2v) is 2.01. The topological polar surface area (TPSA) is 32.6 Å². The molecule has 1 aromatic rings. The van der Waals surface area contributed by atoms with Crippen LogP contribution in [0.1, 0.15) is 5.56 Å². The van der Waals surface area contributed by atoms with Crippen LogP contribution in [-0.4, -0.2) is 11.4 Å². The first-order valence-electron chi connectivity index (χ1n) is 2.97. The summed E-state index contributed by atoms with van der Waals surface area (Å²) in [5.74, 6) is -4.22. The minimum absolute atomic E-state index is 0.309. The smallest absolute Gasteiger partial charge is 0.195 e. The predicted molar refractivity (Wildman–Crippen MR) is 35.7 cm³/mol. The highest BCUT2D eigenvalue weighted by Gasteiger charge is 2.11. The van der Waals surface area contributed by atoms with Gasteiger partial charge in [-0.05, 0) is 12.1 Å². The van der Waals surface area contributed by atoms with Gasteiger partial charge in [-0.25, -0.2) is 13.2 Å². The lowest BCUT2D eigenvalue weighted by Gasteiger charge is -1.97. The lowest BCUT2D eigenvalue weighted by molar-refractivity contribution is 0.321. The van der Waals surface area contributed by atoms with Crippen molar-refractivity contribution < 1.29 is 18.4 Å². The first-order chi connectivity index (χ1) is 5.66. The normalized spacial score (nSPS) is 10.9. The number of hydrogen-bond donors (Lipinski definition) is 1. The number of hydrogen-bond acceptors (Lipinski definition) is 2. The Hall–Kier alpha value is -1.52. The van der Waals surface area contributed by atoms with Gasteiger partial charge in [-0.3, -0.25) is 0 Å². The van der Waals surface area contributed by atoms with Crippen LogP contribution in [0, 0.1) is 17.5 Å². The van der Waals surface area contributed by atoms with Crippen LogP contribution in [0.2, 0.25) is 0 Å². The molecule has 1 N–H and O–H groups in total. The zero-order valence-corrected chi connectivity index (χ0v) is 5.76. The molecule has 0 aliphatic heterocycles. The molecule has 0 bridgehead atoms. The molecular weight excluding hydrogens is 171 g/mol. The molecular formula is C7H4F3NO. The van der Waals surface area contributed by atoms with E-state index in [1.54, 1.807) is 0 Å². The van der Waals surface area contributed by atoms with Crippen LogP contribution in [0.3, 0.4) is 0 Å². The predicted octanol–water partition coefficient (Wildman–Crippen LogP) is 1.91. The third kappa shape index (κ3) is 1.39. The van der Waals surface area contributed by atoms with E-state index in [0.29, 0.717) is 6.21 Å². The van der Waals surface area contributed by atoms with E-state index >= 15 is 0 Å². The van der Waals surface area contributed by atoms with Crippen LogP contribution >= 0.6 is 0 Å². The van der Waals surface area contributed by atoms with Crippen molar-refractivity contribution in [2.45, 2.75) is 0 Å². The molecule has 0 atom stereocenters. The molecule has 0 aliphatic carbocycles. The Morgan fingerprint density at radius 3 is 2.42 bits per heavy atom. The Balaban J connectivity index is 3.26. The van der Waals surface area contributed by atoms with Crippen molar-refractivity contribution in [1.29, 1.82) is 0 Å². The summed E-state index contributed by atoms with van der Waals surface area (Å²) in [4.78, 5) is 0. The zero-order valence-electron chi connectivity index (χ0n) is 5.76. The summed E-state index contributed by atoms with van der Waals surface area (Å²) < 4.78 is 37.3. The fourth-order valence-corrected chi connectivity index (χ4v) is 0.703. The summed E-state index contributed by atoms with van der Waals surface area (Å²) >= 11 is 0. The van der Waals surface area contributed by atoms with Gasteiger partial charge in [-0.1, -0.05) is 5.16 Å². The second kappa shape index (κ2) is 3.25. The first-order valence-corrected chi connectivity index (χ1v) is 2.97. The monoisotopic (exact) mass is 175 g/mol. The van der Waals surface area contributed by atoms with Gasteiger partial charge in [0.1, 0.15) is 0 Å². The Kier molecular flexibility index (Phi) is 2.32. The average molecular weight is 175 g/mol. The summed E-state index contributed by atoms with van der Waals surface area (Å²) in [5, 5.41) is 10.5. The molecule has 2 nitrogen and oxygen atoms in total. The molecule has 0 unspecified atom stereocenters. The third-order valence-corrected chi connectivity index (χ3v) is 1.26. The largest absolute Gasteiger partial charge is 0.411 e. The maximum atomic E-state index is 12.6. The number of nitrogens with zero attached hydrogens (tertiary/aromatic N) is 1. The average Bonchev–Trinajstić information content (AvgIpc) is 2.07. The number of oxime groups is 1. The third-order valence-electron chi connectivity index (χ3n) is 1.26. The van der Waals surface area contributed by atoms with Crippen LogP contribution in [0.25, 0.3) is 0 Å². The maximum Gasteiger partial charge on any atom is 0.195 e. The van der Waals surface area contributed by atoms with Gasteiger partial charge in [-0.15, -0.1) is 0 Å². The Labute approximate surface area is 65.9 Å². The second-order valence-electron chi connectivity index (χ2n) is 2.01. The lowest BCUT2D eigenvalue weighted by Crippen LogP contribution is -1.96. The maximum absolute atomic E-state index is 12.6. The van der Waals surface area contributed by atoms with E-state index in [1.165, 1.54) is 0 Å². The molecule has 1 aromatic carbocycles. The fourth-order valence-electron chi connectivity index (χ4n) is 0.703. The van der Waals surface area contributed by atoms with Gasteiger partial charge >= 0.3 is 0 Å². The van der Waals surface area contributed by atoms with E-state index in [-0.39, 0.29) is 5.56 Å². The van der Waals surface area contributed by atoms with Gasteiger partial charge in [-0.2, -0.15) is 0 Å². The van der Waals surface area contributed by atoms with Crippen molar-refractivity contribution >= 4 is 6.21 Å². The minimum Gasteiger partial charge on any atom is -0.411 e. The molecule has 0 aromatic heterocycles. The molecule has 12 heavy (non-hydrogen) atoms. The SMILES string of the molecule is O/N=C/c1ccc(F)c(F)c1F. The number of halogens is 3. The highest BCUT2D eigenvalue weighted by Crippen LogP contribution is 2.13. The number of rotatable bonds is 1. The fraction of sp³-hybridized carbons (Fsp3) is 0. The van der Waals surface area contributed by atoms with Crippen LogP contribution < -0.4 is 0 Å². The van der Waals surface area contributed by atoms with Gasteiger partial charge in [0, 0.05) is 5.56 Å². The van der Waals surface area contributed by atoms with E-state index in [4.69, 9.17) is 5.21 Å². The highest BCUT2D eigenvalue weighted by molar-refractivity contribution is 5.79. The summed E-state index contributed by atoms with van der Waals surface area (Å²) in [6.07, 6.45) is 0.678. The summed E-state index contributed by atoms with van der Waals surface area (Å²) in [6, 6.07) is 1.71. The van der Waals surface area contributed by atoms with E-state index in [2.05, 4.69) is 5.16 Å². The van der Waals surface area contributed by atoms with Gasteiger partial charge in [0.25, 0.3) is 0 Å². The zero-order chi connectivity index (χ0) is 9.14. The van der Waals surface area contributed by atoms with Crippen molar-refractivity contribution in [2.24, 2.45) is 5.16 Å². The van der Waals surface area contributed by atoms with Gasteiger partial charge in [0.05, 0.1) is 6.21 Å². The van der Waals surface area contributed by atoms with Crippen molar-refractivity contribution in [1.82, 2.24) is 0 Å². The van der Waals surface area contributed by atoms with Crippen LogP contribution in [-0.2, 0) is 0 Å². The van der Waals surface area contributed by atoms with Crippen LogP contribution in [0.15, 0.2) is 17.3 Å². The number of benzene rings is 1. The lowest BCUT2D eigenvalue weighted by atomic mass is 10.2. The van der Waals surface area contributed by atoms with Crippen molar-refractivity contribution in [3.63, 3.8) is 0 Å². The molecule has 5 heteroatoms. The van der Waals surface area contributed by atoms with Crippen molar-refractivity contribution in [3.8, 4) is 0 Å². The molecule has 0 saturated heterocycles. The standard InChI is InChI=1S/C7H4F3NO/c8-5-2-1-4(3-11-12)6(9)7(5)10/h1-3,12H/b11-3+. The Bertz CT molecular complexity index is 325. The molecule has 1 rings (SSSR count). The molecule has 0 heterocycles. The van der Waals surface area contributed by atoms with Crippen molar-refractivity contribution in [3.05, 3.63) is 35.1 Å². The highest BCUT2D eigenvalue weighted by atomic mass is 19.2. The Morgan fingerprint density at radius 1 is 1.17 bits per heavy atom. The van der Waals surface area contributed by atoms with Crippen molar-refractivity contribution in [2.75, 3.05) is 0 Å². The quantitative estimate of drug-likeness (QED) is 0.300. The first kappa shape index (κ1) is 8.58. The van der Waals surface area contributed by atoms with E-state index in [9.17, 15) is 13.2 Å². The van der Waals surface area contributed by atoms with Gasteiger partial charge in [0.2, 0.25) is 0 Å². The molecule has 0 aliphatic rings. The van der Waals surface area contributed by atoms with E-state index in [0.717, 1.165) is 12.1 Å². The summed E-state index contributed by atoms with van der Waals surface area (Å²) in [6.45, 7) is 0. The van der Waals surface area contributed by atoms with Gasteiger partial charge < -0.3 is 5.21 Å². The molecule has 64 valence electrons. The summed E-state index contributed by atoms with van der Waals surface area (Å²) in [5.41, 5.74) is -0.309. The van der Waals surface area contributed by atoms with E-state index < -0.39 is 17.5 Å².